The molecule has 0 aromatic heterocycles. The number of halogens is 2. The lowest BCUT2D eigenvalue weighted by molar-refractivity contribution is 0.249. The molecule has 1 atom stereocenters. The number of guanidine groups is 1. The second-order valence-corrected chi connectivity index (χ2v) is 7.75. The Morgan fingerprint density at radius 1 is 1.28 bits per heavy atom. The van der Waals surface area contributed by atoms with Crippen molar-refractivity contribution in [2.75, 3.05) is 39.8 Å². The maximum Gasteiger partial charge on any atom is 0.193 e. The van der Waals surface area contributed by atoms with E-state index in [1.165, 1.54) is 37.9 Å². The van der Waals surface area contributed by atoms with Gasteiger partial charge in [0.1, 0.15) is 0 Å². The number of aryl methyl sites for hydroxylation is 1. The van der Waals surface area contributed by atoms with Gasteiger partial charge in [-0.15, -0.1) is 24.0 Å². The molecule has 2 saturated heterocycles. The molecule has 25 heavy (non-hydrogen) atoms. The first-order chi connectivity index (χ1) is 11.8. The van der Waals surface area contributed by atoms with E-state index in [2.05, 4.69) is 60.3 Å². The van der Waals surface area contributed by atoms with E-state index in [1.54, 1.807) is 0 Å². The van der Waals surface area contributed by atoms with Crippen LogP contribution in [0.25, 0.3) is 0 Å². The highest BCUT2D eigenvalue weighted by Crippen LogP contribution is 2.20. The molecule has 4 nitrogen and oxygen atoms in total. The van der Waals surface area contributed by atoms with Crippen molar-refractivity contribution >= 4 is 45.9 Å². The molecule has 2 fully saturated rings. The van der Waals surface area contributed by atoms with E-state index in [9.17, 15) is 0 Å². The normalized spacial score (nSPS) is 21.4. The van der Waals surface area contributed by atoms with Gasteiger partial charge in [0.15, 0.2) is 5.96 Å². The molecule has 1 N–H and O–H groups in total. The van der Waals surface area contributed by atoms with Crippen molar-refractivity contribution < 1.29 is 0 Å². The highest BCUT2D eigenvalue weighted by Gasteiger charge is 2.30. The number of rotatable bonds is 5. The maximum absolute atomic E-state index is 4.50. The van der Waals surface area contributed by atoms with Crippen molar-refractivity contribution in [2.45, 2.75) is 38.1 Å². The summed E-state index contributed by atoms with van der Waals surface area (Å²) in [7, 11) is 1.90. The van der Waals surface area contributed by atoms with Crippen molar-refractivity contribution in [1.82, 2.24) is 15.1 Å². The van der Waals surface area contributed by atoms with Crippen LogP contribution in [0, 0.1) is 0 Å². The molecule has 0 aliphatic carbocycles. The zero-order valence-electron chi connectivity index (χ0n) is 15.1. The molecule has 3 rings (SSSR count). The Kier molecular flexibility index (Phi) is 8.99. The molecule has 1 aromatic carbocycles. The van der Waals surface area contributed by atoms with Crippen LogP contribution in [-0.4, -0.2) is 61.6 Å². The lowest BCUT2D eigenvalue weighted by atomic mass is 10.1. The average molecular weight is 521 g/mol. The third-order valence-corrected chi connectivity index (χ3v) is 5.64. The highest BCUT2D eigenvalue weighted by molar-refractivity contribution is 14.0. The van der Waals surface area contributed by atoms with Gasteiger partial charge in [0.2, 0.25) is 0 Å². The third kappa shape index (κ3) is 6.10. The zero-order chi connectivity index (χ0) is 16.8. The average Bonchev–Trinajstić information content (AvgIpc) is 3.26. The summed E-state index contributed by atoms with van der Waals surface area (Å²) in [6.45, 7) is 5.82. The third-order valence-electron chi connectivity index (χ3n) is 5.15. The van der Waals surface area contributed by atoms with Gasteiger partial charge in [0, 0.05) is 37.2 Å². The molecule has 0 amide bonds. The summed E-state index contributed by atoms with van der Waals surface area (Å²) in [5.74, 6) is 1.07. The largest absolute Gasteiger partial charge is 0.356 e. The number of likely N-dealkylation sites (tertiary alicyclic amines) is 2. The second-order valence-electron chi connectivity index (χ2n) is 6.84. The molecular weight excluding hydrogens is 491 g/mol. The van der Waals surface area contributed by atoms with E-state index in [-0.39, 0.29) is 24.0 Å². The molecule has 1 unspecified atom stereocenters. The summed E-state index contributed by atoms with van der Waals surface area (Å²) < 4.78 is 1.16. The van der Waals surface area contributed by atoms with Crippen LogP contribution in [0.1, 0.15) is 31.2 Å². The smallest absolute Gasteiger partial charge is 0.193 e. The Bertz CT molecular complexity index is 560. The van der Waals surface area contributed by atoms with Crippen molar-refractivity contribution in [1.29, 1.82) is 0 Å². The fourth-order valence-electron chi connectivity index (χ4n) is 3.86. The summed E-state index contributed by atoms with van der Waals surface area (Å²) in [5.41, 5.74) is 1.39. The minimum atomic E-state index is 0. The Balaban J connectivity index is 0.00000225. The number of nitrogens with zero attached hydrogens (tertiary/aromatic N) is 3. The fraction of sp³-hybridized carbons (Fsp3) is 0.632. The molecule has 2 heterocycles. The number of hydrogen-bond acceptors (Lipinski definition) is 2. The number of aliphatic imine (C=N–C) groups is 1. The van der Waals surface area contributed by atoms with Gasteiger partial charge < -0.3 is 10.2 Å². The molecule has 0 radical (unpaired) electrons. The highest BCUT2D eigenvalue weighted by atomic mass is 127. The molecule has 0 bridgehead atoms. The van der Waals surface area contributed by atoms with Crippen LogP contribution in [0.15, 0.2) is 33.7 Å². The van der Waals surface area contributed by atoms with Crippen LogP contribution in [0.4, 0.5) is 0 Å². The van der Waals surface area contributed by atoms with E-state index in [0.717, 1.165) is 49.0 Å². The molecule has 2 aliphatic heterocycles. The van der Waals surface area contributed by atoms with Gasteiger partial charge >= 0.3 is 0 Å². The van der Waals surface area contributed by atoms with E-state index < -0.39 is 0 Å². The lowest BCUT2D eigenvalue weighted by Gasteiger charge is -2.25. The van der Waals surface area contributed by atoms with Gasteiger partial charge in [-0.1, -0.05) is 28.1 Å². The molecule has 2 aliphatic rings. The summed E-state index contributed by atoms with van der Waals surface area (Å²) >= 11 is 3.54. The van der Waals surface area contributed by atoms with Crippen LogP contribution in [0.5, 0.6) is 0 Å². The van der Waals surface area contributed by atoms with Crippen molar-refractivity contribution in [3.8, 4) is 0 Å². The van der Waals surface area contributed by atoms with Gasteiger partial charge in [-0.25, -0.2) is 0 Å². The number of nitrogens with one attached hydrogen (secondary N) is 1. The molecule has 1 aromatic rings. The Morgan fingerprint density at radius 2 is 2.08 bits per heavy atom. The van der Waals surface area contributed by atoms with E-state index in [4.69, 9.17) is 0 Å². The summed E-state index contributed by atoms with van der Waals surface area (Å²) in [6, 6.07) is 9.31. The topological polar surface area (TPSA) is 30.9 Å². The second kappa shape index (κ2) is 10.7. The first-order valence-electron chi connectivity index (χ1n) is 9.20. The van der Waals surface area contributed by atoms with Crippen molar-refractivity contribution in [3.05, 3.63) is 34.3 Å². The van der Waals surface area contributed by atoms with Crippen LogP contribution in [0.3, 0.4) is 0 Å². The quantitative estimate of drug-likeness (QED) is 0.277. The SMILES string of the molecule is CN=C(NCCCc1cccc(Br)c1)N1CCC(N2CCCC2)C1.I. The Morgan fingerprint density at radius 3 is 2.80 bits per heavy atom. The van der Waals surface area contributed by atoms with Crippen LogP contribution < -0.4 is 5.32 Å². The number of benzene rings is 1. The van der Waals surface area contributed by atoms with Crippen LogP contribution in [-0.2, 0) is 6.42 Å². The standard InChI is InChI=1S/C19H29BrN4.HI/c1-21-19(22-10-5-7-16-6-4-8-17(20)14-16)24-13-9-18(15-24)23-11-2-3-12-23;/h4,6,8,14,18H,2-3,5,7,9-13,15H2,1H3,(H,21,22);1H. The van der Waals surface area contributed by atoms with Gasteiger partial charge in [-0.2, -0.15) is 0 Å². The maximum atomic E-state index is 4.50. The van der Waals surface area contributed by atoms with Gasteiger partial charge in [0.05, 0.1) is 0 Å². The first kappa shape index (κ1) is 21.0. The van der Waals surface area contributed by atoms with E-state index in [1.807, 2.05) is 7.05 Å². The number of hydrogen-bond donors (Lipinski definition) is 1. The van der Waals surface area contributed by atoms with Gasteiger partial charge in [0.25, 0.3) is 0 Å². The fourth-order valence-corrected chi connectivity index (χ4v) is 4.30. The molecule has 140 valence electrons. The minimum absolute atomic E-state index is 0. The Hall–Kier alpha value is -0.340. The van der Waals surface area contributed by atoms with Crippen molar-refractivity contribution in [3.63, 3.8) is 0 Å². The van der Waals surface area contributed by atoms with Gasteiger partial charge in [-0.3, -0.25) is 9.89 Å². The lowest BCUT2D eigenvalue weighted by Crippen LogP contribution is -2.43. The molecular formula is C19H30BrIN4. The monoisotopic (exact) mass is 520 g/mol. The van der Waals surface area contributed by atoms with Crippen molar-refractivity contribution in [2.24, 2.45) is 4.99 Å². The first-order valence-corrected chi connectivity index (χ1v) is 9.99. The van der Waals surface area contributed by atoms with Crippen LogP contribution >= 0.6 is 39.9 Å². The predicted octanol–water partition coefficient (Wildman–Crippen LogP) is 3.75. The predicted molar refractivity (Wildman–Crippen MR) is 120 cm³/mol. The summed E-state index contributed by atoms with van der Waals surface area (Å²) in [4.78, 5) is 9.60. The van der Waals surface area contributed by atoms with Crippen LogP contribution in [0.2, 0.25) is 0 Å². The summed E-state index contributed by atoms with van der Waals surface area (Å²) in [6.07, 6.45) is 6.25. The molecule has 0 spiro atoms. The summed E-state index contributed by atoms with van der Waals surface area (Å²) in [5, 5.41) is 3.55. The van der Waals surface area contributed by atoms with E-state index in [0.29, 0.717) is 0 Å². The van der Waals surface area contributed by atoms with Gasteiger partial charge in [-0.05, 0) is 62.9 Å². The molecule has 6 heteroatoms. The molecule has 0 saturated carbocycles. The zero-order valence-corrected chi connectivity index (χ0v) is 19.0. The van der Waals surface area contributed by atoms with E-state index >= 15 is 0 Å². The minimum Gasteiger partial charge on any atom is -0.356 e. The Labute approximate surface area is 177 Å².